The number of aliphatic hydroxyl groups excluding tert-OH is 1. The molecule has 96 valence electrons. The molecule has 3 nitrogen and oxygen atoms in total. The fraction of sp³-hybridized carbons (Fsp3) is 0.357. The lowest BCUT2D eigenvalue weighted by atomic mass is 10.2. The van der Waals surface area contributed by atoms with Crippen LogP contribution in [0, 0.1) is 0 Å². The van der Waals surface area contributed by atoms with Crippen molar-refractivity contribution in [1.29, 1.82) is 0 Å². The highest BCUT2D eigenvalue weighted by molar-refractivity contribution is 7.15. The van der Waals surface area contributed by atoms with Gasteiger partial charge >= 0.3 is 0 Å². The Morgan fingerprint density at radius 3 is 2.44 bits per heavy atom. The average Bonchev–Trinajstić information content (AvgIpc) is 2.83. The molecule has 4 heteroatoms. The maximum Gasteiger partial charge on any atom is 0.123 e. The minimum atomic E-state index is 0.0673. The monoisotopic (exact) mass is 263 g/mol. The molecule has 2 aromatic rings. The zero-order chi connectivity index (χ0) is 13.0. The topological polar surface area (TPSA) is 42.4 Å². The molecule has 0 fully saturated rings. The van der Waals surface area contributed by atoms with Crippen LogP contribution in [0.2, 0.25) is 0 Å². The van der Waals surface area contributed by atoms with E-state index in [9.17, 15) is 5.11 Å². The third-order valence-electron chi connectivity index (χ3n) is 2.67. The summed E-state index contributed by atoms with van der Waals surface area (Å²) in [5.41, 5.74) is 2.06. The van der Waals surface area contributed by atoms with Gasteiger partial charge < -0.3 is 9.84 Å². The summed E-state index contributed by atoms with van der Waals surface area (Å²) in [6.07, 6.45) is 0.851. The van der Waals surface area contributed by atoms with E-state index in [1.54, 1.807) is 11.3 Å². The molecule has 0 radical (unpaired) electrons. The number of rotatable bonds is 5. The molecule has 0 saturated heterocycles. The predicted octanol–water partition coefficient (Wildman–Crippen LogP) is 3.26. The SMILES string of the molecule is CCOc1ccc(-c2nc(CC)c(CO)s2)cc1. The van der Waals surface area contributed by atoms with E-state index in [0.717, 1.165) is 33.3 Å². The number of ether oxygens (including phenoxy) is 1. The van der Waals surface area contributed by atoms with Gasteiger partial charge in [-0.1, -0.05) is 6.92 Å². The molecule has 0 spiro atoms. The highest BCUT2D eigenvalue weighted by Crippen LogP contribution is 2.29. The molecular weight excluding hydrogens is 246 g/mol. The number of thiazole rings is 1. The normalized spacial score (nSPS) is 10.6. The Kier molecular flexibility index (Phi) is 4.33. The Hall–Kier alpha value is -1.39. The van der Waals surface area contributed by atoms with Crippen molar-refractivity contribution >= 4 is 11.3 Å². The third kappa shape index (κ3) is 2.71. The maximum absolute atomic E-state index is 9.27. The number of hydrogen-bond donors (Lipinski definition) is 1. The molecule has 0 atom stereocenters. The fourth-order valence-electron chi connectivity index (χ4n) is 1.77. The molecule has 0 aliphatic carbocycles. The molecule has 2 rings (SSSR count). The molecule has 1 N–H and O–H groups in total. The van der Waals surface area contributed by atoms with Gasteiger partial charge in [0.1, 0.15) is 10.8 Å². The Balaban J connectivity index is 2.27. The first-order chi connectivity index (χ1) is 8.78. The number of benzene rings is 1. The van der Waals surface area contributed by atoms with E-state index >= 15 is 0 Å². The summed E-state index contributed by atoms with van der Waals surface area (Å²) in [4.78, 5) is 5.52. The van der Waals surface area contributed by atoms with E-state index in [1.165, 1.54) is 0 Å². The Morgan fingerprint density at radius 1 is 1.22 bits per heavy atom. The zero-order valence-corrected chi connectivity index (χ0v) is 11.5. The van der Waals surface area contributed by atoms with Crippen molar-refractivity contribution < 1.29 is 9.84 Å². The second-order valence-electron chi connectivity index (χ2n) is 3.86. The van der Waals surface area contributed by atoms with Crippen LogP contribution >= 0.6 is 11.3 Å². The minimum absolute atomic E-state index is 0.0673. The summed E-state index contributed by atoms with van der Waals surface area (Å²) in [5.74, 6) is 0.871. The molecule has 0 bridgehead atoms. The van der Waals surface area contributed by atoms with Gasteiger partial charge in [0.2, 0.25) is 0 Å². The molecule has 1 aromatic heterocycles. The highest BCUT2D eigenvalue weighted by Gasteiger charge is 2.10. The van der Waals surface area contributed by atoms with Crippen LogP contribution in [0.4, 0.5) is 0 Å². The van der Waals surface area contributed by atoms with Crippen LogP contribution in [0.3, 0.4) is 0 Å². The molecule has 1 heterocycles. The van der Waals surface area contributed by atoms with Crippen LogP contribution in [-0.2, 0) is 13.0 Å². The quantitative estimate of drug-likeness (QED) is 0.900. The Labute approximate surface area is 111 Å². The molecule has 1 aromatic carbocycles. The largest absolute Gasteiger partial charge is 0.494 e. The summed E-state index contributed by atoms with van der Waals surface area (Å²) in [5, 5.41) is 10.2. The number of aliphatic hydroxyl groups is 1. The summed E-state index contributed by atoms with van der Waals surface area (Å²) >= 11 is 1.55. The van der Waals surface area contributed by atoms with Crippen molar-refractivity contribution in [1.82, 2.24) is 4.98 Å². The Bertz CT molecular complexity index is 484. The van der Waals surface area contributed by atoms with Gasteiger partial charge in [-0.3, -0.25) is 0 Å². The van der Waals surface area contributed by atoms with E-state index in [2.05, 4.69) is 11.9 Å². The Morgan fingerprint density at radius 2 is 1.94 bits per heavy atom. The standard InChI is InChI=1S/C14H17NO2S/c1-3-12-13(9-16)18-14(15-12)10-5-7-11(8-6-10)17-4-2/h5-8,16H,3-4,9H2,1-2H3. The second-order valence-corrected chi connectivity index (χ2v) is 4.94. The molecule has 0 amide bonds. The van der Waals surface area contributed by atoms with Crippen LogP contribution in [0.25, 0.3) is 10.6 Å². The number of aryl methyl sites for hydroxylation is 1. The first kappa shape index (κ1) is 13.1. The predicted molar refractivity (Wildman–Crippen MR) is 74.0 cm³/mol. The van der Waals surface area contributed by atoms with Crippen molar-refractivity contribution in [3.05, 3.63) is 34.8 Å². The lowest BCUT2D eigenvalue weighted by Gasteiger charge is -2.02. The van der Waals surface area contributed by atoms with E-state index in [0.29, 0.717) is 6.61 Å². The third-order valence-corrected chi connectivity index (χ3v) is 3.80. The van der Waals surface area contributed by atoms with E-state index in [1.807, 2.05) is 31.2 Å². The molecule has 0 aliphatic heterocycles. The minimum Gasteiger partial charge on any atom is -0.494 e. The van der Waals surface area contributed by atoms with Gasteiger partial charge in [-0.25, -0.2) is 4.98 Å². The first-order valence-electron chi connectivity index (χ1n) is 6.11. The number of nitrogens with zero attached hydrogens (tertiary/aromatic N) is 1. The van der Waals surface area contributed by atoms with E-state index < -0.39 is 0 Å². The first-order valence-corrected chi connectivity index (χ1v) is 6.92. The van der Waals surface area contributed by atoms with Gasteiger partial charge in [0.25, 0.3) is 0 Å². The summed E-state index contributed by atoms with van der Waals surface area (Å²) in [7, 11) is 0. The van der Waals surface area contributed by atoms with Gasteiger partial charge in [-0.2, -0.15) is 0 Å². The van der Waals surface area contributed by atoms with Gasteiger partial charge in [0.05, 0.1) is 23.8 Å². The summed E-state index contributed by atoms with van der Waals surface area (Å²) in [6, 6.07) is 7.91. The molecule has 18 heavy (non-hydrogen) atoms. The average molecular weight is 263 g/mol. The summed E-state index contributed by atoms with van der Waals surface area (Å²) in [6.45, 7) is 4.76. The van der Waals surface area contributed by atoms with Crippen LogP contribution in [0.5, 0.6) is 5.75 Å². The van der Waals surface area contributed by atoms with E-state index in [-0.39, 0.29) is 6.61 Å². The second kappa shape index (κ2) is 5.98. The highest BCUT2D eigenvalue weighted by atomic mass is 32.1. The van der Waals surface area contributed by atoms with Gasteiger partial charge in [0, 0.05) is 5.56 Å². The molecule has 0 unspecified atom stereocenters. The molecule has 0 aliphatic rings. The lowest BCUT2D eigenvalue weighted by molar-refractivity contribution is 0.284. The van der Waals surface area contributed by atoms with Crippen molar-refractivity contribution in [2.24, 2.45) is 0 Å². The van der Waals surface area contributed by atoms with Crippen LogP contribution < -0.4 is 4.74 Å². The summed E-state index contributed by atoms with van der Waals surface area (Å²) < 4.78 is 5.41. The molecule has 0 saturated carbocycles. The van der Waals surface area contributed by atoms with E-state index in [4.69, 9.17) is 4.74 Å². The van der Waals surface area contributed by atoms with Crippen LogP contribution in [0.15, 0.2) is 24.3 Å². The van der Waals surface area contributed by atoms with Crippen LogP contribution in [0.1, 0.15) is 24.4 Å². The molecular formula is C14H17NO2S. The van der Waals surface area contributed by atoms with Gasteiger partial charge in [0.15, 0.2) is 0 Å². The van der Waals surface area contributed by atoms with Gasteiger partial charge in [-0.15, -0.1) is 11.3 Å². The number of aromatic nitrogens is 1. The van der Waals surface area contributed by atoms with Gasteiger partial charge in [-0.05, 0) is 37.6 Å². The zero-order valence-electron chi connectivity index (χ0n) is 10.6. The fourth-order valence-corrected chi connectivity index (χ4v) is 2.78. The van der Waals surface area contributed by atoms with Crippen LogP contribution in [-0.4, -0.2) is 16.7 Å². The van der Waals surface area contributed by atoms with Crippen molar-refractivity contribution in [3.8, 4) is 16.3 Å². The van der Waals surface area contributed by atoms with Crippen molar-refractivity contribution in [2.75, 3.05) is 6.61 Å². The maximum atomic E-state index is 9.27. The van der Waals surface area contributed by atoms with Crippen molar-refractivity contribution in [2.45, 2.75) is 26.9 Å². The van der Waals surface area contributed by atoms with Crippen molar-refractivity contribution in [3.63, 3.8) is 0 Å². The smallest absolute Gasteiger partial charge is 0.123 e. The number of hydrogen-bond acceptors (Lipinski definition) is 4. The lowest BCUT2D eigenvalue weighted by Crippen LogP contribution is -1.90.